The van der Waals surface area contributed by atoms with Crippen molar-refractivity contribution in [2.45, 2.75) is 6.42 Å². The van der Waals surface area contributed by atoms with Crippen molar-refractivity contribution in [3.05, 3.63) is 64.7 Å². The van der Waals surface area contributed by atoms with E-state index in [2.05, 4.69) is 10.1 Å². The number of rotatable bonds is 3. The summed E-state index contributed by atoms with van der Waals surface area (Å²) in [6, 6.07) is 11.4. The number of para-hydroxylation sites is 1. The Labute approximate surface area is 125 Å². The molecule has 0 fully saturated rings. The van der Waals surface area contributed by atoms with E-state index in [1.807, 2.05) is 0 Å². The van der Waals surface area contributed by atoms with Gasteiger partial charge in [0.25, 0.3) is 5.89 Å². The topological polar surface area (TPSA) is 64.9 Å². The molecule has 0 spiro atoms. The van der Waals surface area contributed by atoms with Gasteiger partial charge in [-0.1, -0.05) is 35.0 Å². The maximum absolute atomic E-state index is 13.1. The van der Waals surface area contributed by atoms with E-state index in [4.69, 9.17) is 21.9 Å². The van der Waals surface area contributed by atoms with Gasteiger partial charge in [-0.25, -0.2) is 4.39 Å². The minimum Gasteiger partial charge on any atom is -0.397 e. The average Bonchev–Trinajstić information content (AvgIpc) is 2.90. The van der Waals surface area contributed by atoms with Crippen LogP contribution in [0.3, 0.4) is 0 Å². The Balaban J connectivity index is 1.88. The van der Waals surface area contributed by atoms with Crippen LogP contribution >= 0.6 is 11.6 Å². The van der Waals surface area contributed by atoms with Crippen LogP contribution in [0.15, 0.2) is 47.0 Å². The Bertz CT molecular complexity index is 788. The minimum atomic E-state index is -0.296. The first-order valence-electron chi connectivity index (χ1n) is 6.25. The highest BCUT2D eigenvalue weighted by atomic mass is 35.5. The molecule has 2 aromatic carbocycles. The molecule has 1 heterocycles. The van der Waals surface area contributed by atoms with Crippen molar-refractivity contribution in [2.24, 2.45) is 0 Å². The largest absolute Gasteiger partial charge is 0.397 e. The van der Waals surface area contributed by atoms with Crippen LogP contribution in [0.2, 0.25) is 5.02 Å². The highest BCUT2D eigenvalue weighted by molar-refractivity contribution is 6.33. The first-order valence-corrected chi connectivity index (χ1v) is 6.62. The molecule has 2 N–H and O–H groups in total. The Hall–Kier alpha value is -2.40. The molecule has 0 atom stereocenters. The van der Waals surface area contributed by atoms with Gasteiger partial charge in [-0.15, -0.1) is 0 Å². The molecule has 3 rings (SSSR count). The van der Waals surface area contributed by atoms with E-state index in [0.717, 1.165) is 5.56 Å². The number of nitrogens with two attached hydrogens (primary N) is 1. The van der Waals surface area contributed by atoms with Gasteiger partial charge in [-0.05, 0) is 29.8 Å². The molecule has 0 amide bonds. The van der Waals surface area contributed by atoms with E-state index in [9.17, 15) is 4.39 Å². The fourth-order valence-corrected chi connectivity index (χ4v) is 2.16. The zero-order valence-electron chi connectivity index (χ0n) is 10.9. The van der Waals surface area contributed by atoms with Crippen LogP contribution < -0.4 is 5.73 Å². The molecule has 0 saturated heterocycles. The molecule has 21 heavy (non-hydrogen) atoms. The highest BCUT2D eigenvalue weighted by Crippen LogP contribution is 2.30. The molecule has 0 bridgehead atoms. The zero-order chi connectivity index (χ0) is 14.8. The summed E-state index contributed by atoms with van der Waals surface area (Å²) in [6.45, 7) is 0. The number of hydrogen-bond donors (Lipinski definition) is 1. The summed E-state index contributed by atoms with van der Waals surface area (Å²) in [5, 5.41) is 4.31. The van der Waals surface area contributed by atoms with E-state index in [1.54, 1.807) is 30.3 Å². The molecule has 0 aliphatic rings. The van der Waals surface area contributed by atoms with Gasteiger partial charge >= 0.3 is 0 Å². The normalized spacial score (nSPS) is 10.8. The van der Waals surface area contributed by atoms with Gasteiger partial charge in [0.15, 0.2) is 5.82 Å². The standard InChI is InChI=1S/C15H11ClFN3O/c16-12-6-2-5-11(14(12)18)15-19-13(20-21-15)8-9-3-1-4-10(17)7-9/h1-7H,8,18H2. The van der Waals surface area contributed by atoms with Crippen molar-refractivity contribution >= 4 is 17.3 Å². The predicted molar refractivity (Wildman–Crippen MR) is 78.4 cm³/mol. The SMILES string of the molecule is Nc1c(Cl)cccc1-c1nc(Cc2cccc(F)c2)no1. The zero-order valence-corrected chi connectivity index (χ0v) is 11.6. The number of halogens is 2. The Morgan fingerprint density at radius 1 is 1.19 bits per heavy atom. The number of nitrogen functional groups attached to an aromatic ring is 1. The van der Waals surface area contributed by atoms with Crippen molar-refractivity contribution in [2.75, 3.05) is 5.73 Å². The molecular weight excluding hydrogens is 293 g/mol. The van der Waals surface area contributed by atoms with Crippen LogP contribution in [0.1, 0.15) is 11.4 Å². The summed E-state index contributed by atoms with van der Waals surface area (Å²) in [7, 11) is 0. The van der Waals surface area contributed by atoms with Crippen LogP contribution in [0.4, 0.5) is 10.1 Å². The summed E-state index contributed by atoms with van der Waals surface area (Å²) < 4.78 is 18.3. The molecule has 0 radical (unpaired) electrons. The van der Waals surface area contributed by atoms with E-state index in [1.165, 1.54) is 12.1 Å². The lowest BCUT2D eigenvalue weighted by atomic mass is 10.1. The monoisotopic (exact) mass is 303 g/mol. The van der Waals surface area contributed by atoms with Crippen molar-refractivity contribution in [1.29, 1.82) is 0 Å². The summed E-state index contributed by atoms with van der Waals surface area (Å²) in [5.74, 6) is 0.451. The van der Waals surface area contributed by atoms with E-state index < -0.39 is 0 Å². The molecule has 0 aliphatic carbocycles. The molecule has 1 aromatic heterocycles. The number of benzene rings is 2. The van der Waals surface area contributed by atoms with Gasteiger partial charge < -0.3 is 10.3 Å². The molecule has 4 nitrogen and oxygen atoms in total. The van der Waals surface area contributed by atoms with Crippen molar-refractivity contribution in [1.82, 2.24) is 10.1 Å². The lowest BCUT2D eigenvalue weighted by molar-refractivity contribution is 0.424. The van der Waals surface area contributed by atoms with Gasteiger partial charge in [0.1, 0.15) is 5.82 Å². The third-order valence-corrected chi connectivity index (χ3v) is 3.33. The summed E-state index contributed by atoms with van der Waals surface area (Å²) >= 11 is 5.96. The van der Waals surface area contributed by atoms with E-state index in [0.29, 0.717) is 34.4 Å². The van der Waals surface area contributed by atoms with Crippen LogP contribution in [0.5, 0.6) is 0 Å². The second-order valence-corrected chi connectivity index (χ2v) is 4.93. The number of nitrogens with zero attached hydrogens (tertiary/aromatic N) is 2. The number of anilines is 1. The minimum absolute atomic E-state index is 0.293. The maximum atomic E-state index is 13.1. The van der Waals surface area contributed by atoms with E-state index in [-0.39, 0.29) is 5.82 Å². The second kappa shape index (κ2) is 5.54. The summed E-state index contributed by atoms with van der Waals surface area (Å²) in [6.07, 6.45) is 0.377. The molecule has 0 aliphatic heterocycles. The van der Waals surface area contributed by atoms with Gasteiger partial charge in [0.05, 0.1) is 16.3 Å². The maximum Gasteiger partial charge on any atom is 0.260 e. The quantitative estimate of drug-likeness (QED) is 0.749. The molecule has 0 unspecified atom stereocenters. The first kappa shape index (κ1) is 13.6. The van der Waals surface area contributed by atoms with Crippen molar-refractivity contribution in [3.8, 4) is 11.5 Å². The van der Waals surface area contributed by atoms with Crippen molar-refractivity contribution < 1.29 is 8.91 Å². The van der Waals surface area contributed by atoms with Gasteiger partial charge in [0, 0.05) is 6.42 Å². The van der Waals surface area contributed by atoms with Gasteiger partial charge in [-0.2, -0.15) is 4.98 Å². The fraction of sp³-hybridized carbons (Fsp3) is 0.0667. The average molecular weight is 304 g/mol. The molecule has 106 valence electrons. The number of aromatic nitrogens is 2. The highest BCUT2D eigenvalue weighted by Gasteiger charge is 2.13. The Morgan fingerprint density at radius 2 is 2.00 bits per heavy atom. The summed E-state index contributed by atoms with van der Waals surface area (Å²) in [5.41, 5.74) is 7.62. The second-order valence-electron chi connectivity index (χ2n) is 4.52. The summed E-state index contributed by atoms with van der Waals surface area (Å²) in [4.78, 5) is 4.27. The third kappa shape index (κ3) is 2.87. The van der Waals surface area contributed by atoms with Crippen LogP contribution in [-0.2, 0) is 6.42 Å². The Morgan fingerprint density at radius 3 is 2.81 bits per heavy atom. The third-order valence-electron chi connectivity index (χ3n) is 3.00. The first-order chi connectivity index (χ1) is 10.1. The predicted octanol–water partition coefficient (Wildman–Crippen LogP) is 3.70. The van der Waals surface area contributed by atoms with Crippen molar-refractivity contribution in [3.63, 3.8) is 0 Å². The number of hydrogen-bond acceptors (Lipinski definition) is 4. The van der Waals surface area contributed by atoms with Crippen LogP contribution in [0, 0.1) is 5.82 Å². The Kier molecular flexibility index (Phi) is 3.58. The molecular formula is C15H11ClFN3O. The van der Waals surface area contributed by atoms with Crippen LogP contribution in [-0.4, -0.2) is 10.1 Å². The van der Waals surface area contributed by atoms with Crippen LogP contribution in [0.25, 0.3) is 11.5 Å². The van der Waals surface area contributed by atoms with Gasteiger partial charge in [-0.3, -0.25) is 0 Å². The lowest BCUT2D eigenvalue weighted by Gasteiger charge is -2.01. The molecule has 3 aromatic rings. The van der Waals surface area contributed by atoms with E-state index >= 15 is 0 Å². The van der Waals surface area contributed by atoms with Gasteiger partial charge in [0.2, 0.25) is 0 Å². The fourth-order valence-electron chi connectivity index (χ4n) is 1.99. The smallest absolute Gasteiger partial charge is 0.260 e. The lowest BCUT2D eigenvalue weighted by Crippen LogP contribution is -1.93. The molecule has 0 saturated carbocycles. The molecule has 6 heteroatoms.